The molecule has 8 nitrogen and oxygen atoms in total. The number of benzene rings is 2. The van der Waals surface area contributed by atoms with Crippen molar-refractivity contribution >= 4 is 17.1 Å². The highest BCUT2D eigenvalue weighted by Crippen LogP contribution is 2.30. The average Bonchev–Trinajstić information content (AvgIpc) is 3.30. The molecule has 0 bridgehead atoms. The summed E-state index contributed by atoms with van der Waals surface area (Å²) in [6, 6.07) is 10.3. The summed E-state index contributed by atoms with van der Waals surface area (Å²) in [6.07, 6.45) is -4.74. The van der Waals surface area contributed by atoms with Crippen molar-refractivity contribution in [3.8, 4) is 17.1 Å². The highest BCUT2D eigenvalue weighted by atomic mass is 19.4. The van der Waals surface area contributed by atoms with Crippen LogP contribution in [0.15, 0.2) is 56.6 Å². The molecule has 0 spiro atoms. The number of anilines is 3. The van der Waals surface area contributed by atoms with Crippen molar-refractivity contribution in [3.63, 3.8) is 0 Å². The van der Waals surface area contributed by atoms with Crippen molar-refractivity contribution in [2.75, 3.05) is 24.4 Å². The van der Waals surface area contributed by atoms with Gasteiger partial charge >= 0.3 is 12.1 Å². The SMILES string of the molecule is COc1ccc(Nc2c(N(C)Cc3ccc(-c4noc(C(F)(F)F)n4)cc3)c(=O)c2=O)cc1F. The molecule has 0 saturated carbocycles. The number of methoxy groups -OCH3 is 1. The van der Waals surface area contributed by atoms with Crippen LogP contribution in [0.25, 0.3) is 11.4 Å². The molecule has 1 heterocycles. The maximum Gasteiger partial charge on any atom is 0.471 e. The minimum absolute atomic E-state index is 0.0279. The van der Waals surface area contributed by atoms with Gasteiger partial charge in [0, 0.05) is 30.9 Å². The van der Waals surface area contributed by atoms with E-state index in [1.54, 1.807) is 19.2 Å². The third-order valence-corrected chi connectivity index (χ3v) is 4.99. The number of nitrogens with one attached hydrogen (secondary N) is 1. The van der Waals surface area contributed by atoms with Crippen LogP contribution >= 0.6 is 0 Å². The van der Waals surface area contributed by atoms with Crippen LogP contribution in [0.5, 0.6) is 5.75 Å². The normalized spacial score (nSPS) is 11.6. The largest absolute Gasteiger partial charge is 0.494 e. The lowest BCUT2D eigenvalue weighted by molar-refractivity contribution is -0.159. The van der Waals surface area contributed by atoms with E-state index in [1.807, 2.05) is 0 Å². The van der Waals surface area contributed by atoms with E-state index in [1.165, 1.54) is 36.3 Å². The number of hydrogen-bond donors (Lipinski definition) is 1. The summed E-state index contributed by atoms with van der Waals surface area (Å²) in [5, 5.41) is 6.10. The van der Waals surface area contributed by atoms with Crippen LogP contribution in [-0.4, -0.2) is 24.3 Å². The molecule has 4 aromatic rings. The standard InChI is InChI=1S/C22H16F4N4O4/c1-30(10-11-3-5-12(6-4-11)20-28-21(34-29-20)22(24,25)26)17-16(18(31)19(17)32)27-13-7-8-15(33-2)14(23)9-13/h3-9,27H,10H2,1-2H3. The Morgan fingerprint density at radius 1 is 1.09 bits per heavy atom. The second kappa shape index (κ2) is 8.61. The zero-order valence-corrected chi connectivity index (χ0v) is 17.7. The fourth-order valence-electron chi connectivity index (χ4n) is 3.32. The monoisotopic (exact) mass is 476 g/mol. The molecule has 0 aliphatic heterocycles. The van der Waals surface area contributed by atoms with E-state index < -0.39 is 28.7 Å². The Morgan fingerprint density at radius 2 is 1.79 bits per heavy atom. The summed E-state index contributed by atoms with van der Waals surface area (Å²) in [6.45, 7) is 0.205. The lowest BCUT2D eigenvalue weighted by Gasteiger charge is -2.24. The van der Waals surface area contributed by atoms with Crippen LogP contribution in [0, 0.1) is 5.82 Å². The predicted molar refractivity (Wildman–Crippen MR) is 114 cm³/mol. The Kier molecular flexibility index (Phi) is 5.82. The van der Waals surface area contributed by atoms with E-state index in [2.05, 4.69) is 20.0 Å². The number of hydrogen-bond acceptors (Lipinski definition) is 8. The number of halogens is 4. The molecule has 0 radical (unpaired) electrons. The molecule has 0 fully saturated rings. The Balaban J connectivity index is 1.49. The van der Waals surface area contributed by atoms with Gasteiger partial charge in [-0.3, -0.25) is 9.59 Å². The summed E-state index contributed by atoms with van der Waals surface area (Å²) >= 11 is 0. The van der Waals surface area contributed by atoms with E-state index in [9.17, 15) is 27.2 Å². The summed E-state index contributed by atoms with van der Waals surface area (Å²) in [5.41, 5.74) is -0.00166. The van der Waals surface area contributed by atoms with Crippen molar-refractivity contribution in [1.82, 2.24) is 10.1 Å². The van der Waals surface area contributed by atoms with Crippen molar-refractivity contribution in [1.29, 1.82) is 0 Å². The lowest BCUT2D eigenvalue weighted by Crippen LogP contribution is -2.40. The maximum atomic E-state index is 13.9. The average molecular weight is 476 g/mol. The van der Waals surface area contributed by atoms with Crippen molar-refractivity contribution in [3.05, 3.63) is 80.2 Å². The van der Waals surface area contributed by atoms with E-state index >= 15 is 0 Å². The van der Waals surface area contributed by atoms with Gasteiger partial charge in [0.05, 0.1) is 7.11 Å². The molecule has 176 valence electrons. The van der Waals surface area contributed by atoms with Crippen LogP contribution in [0.3, 0.4) is 0 Å². The number of rotatable bonds is 7. The zero-order valence-electron chi connectivity index (χ0n) is 17.7. The molecule has 0 saturated heterocycles. The van der Waals surface area contributed by atoms with Crippen molar-refractivity contribution < 1.29 is 26.8 Å². The molecule has 0 atom stereocenters. The lowest BCUT2D eigenvalue weighted by atomic mass is 10.1. The molecular formula is C22H16F4N4O4. The molecule has 0 aliphatic carbocycles. The van der Waals surface area contributed by atoms with Gasteiger partial charge in [0.2, 0.25) is 5.82 Å². The third-order valence-electron chi connectivity index (χ3n) is 4.99. The van der Waals surface area contributed by atoms with Gasteiger partial charge in [0.15, 0.2) is 11.6 Å². The third kappa shape index (κ3) is 4.34. The molecule has 1 N–H and O–H groups in total. The molecular weight excluding hydrogens is 460 g/mol. The Hall–Kier alpha value is -4.22. The number of ether oxygens (including phenoxy) is 1. The van der Waals surface area contributed by atoms with Crippen LogP contribution < -0.4 is 25.8 Å². The first-order valence-corrected chi connectivity index (χ1v) is 9.73. The molecule has 0 aliphatic rings. The van der Waals surface area contributed by atoms with Crippen molar-refractivity contribution in [2.24, 2.45) is 0 Å². The molecule has 12 heteroatoms. The van der Waals surface area contributed by atoms with E-state index in [4.69, 9.17) is 4.74 Å². The van der Waals surface area contributed by atoms with Crippen LogP contribution in [0.2, 0.25) is 0 Å². The smallest absolute Gasteiger partial charge is 0.471 e. The van der Waals surface area contributed by atoms with Crippen LogP contribution in [0.4, 0.5) is 34.6 Å². The summed E-state index contributed by atoms with van der Waals surface area (Å²) in [7, 11) is 2.92. The Bertz CT molecular complexity index is 1410. The molecule has 34 heavy (non-hydrogen) atoms. The van der Waals surface area contributed by atoms with Gasteiger partial charge in [0.25, 0.3) is 10.9 Å². The quantitative estimate of drug-likeness (QED) is 0.317. The number of alkyl halides is 3. The van der Waals surface area contributed by atoms with Crippen LogP contribution in [-0.2, 0) is 12.7 Å². The second-order valence-corrected chi connectivity index (χ2v) is 7.33. The zero-order chi connectivity index (χ0) is 24.6. The highest BCUT2D eigenvalue weighted by Gasteiger charge is 2.38. The summed E-state index contributed by atoms with van der Waals surface area (Å²) in [5.74, 6) is -2.26. The summed E-state index contributed by atoms with van der Waals surface area (Å²) < 4.78 is 60.9. The van der Waals surface area contributed by atoms with Gasteiger partial charge in [-0.2, -0.15) is 18.2 Å². The van der Waals surface area contributed by atoms with Gasteiger partial charge < -0.3 is 19.5 Å². The number of aromatic nitrogens is 2. The Labute approximate surface area is 189 Å². The molecule has 3 aromatic carbocycles. The van der Waals surface area contributed by atoms with E-state index in [0.717, 1.165) is 6.07 Å². The number of nitrogens with zero attached hydrogens (tertiary/aromatic N) is 3. The topological polar surface area (TPSA) is 97.6 Å². The minimum Gasteiger partial charge on any atom is -0.494 e. The molecule has 4 rings (SSSR count). The first-order chi connectivity index (χ1) is 16.1. The van der Waals surface area contributed by atoms with Gasteiger partial charge in [-0.1, -0.05) is 29.4 Å². The highest BCUT2D eigenvalue weighted by molar-refractivity contribution is 5.79. The molecule has 0 unspecified atom stereocenters. The van der Waals surface area contributed by atoms with E-state index in [-0.39, 0.29) is 35.2 Å². The molecule has 0 amide bonds. The Morgan fingerprint density at radius 3 is 2.38 bits per heavy atom. The maximum absolute atomic E-state index is 13.9. The molecule has 1 aromatic heterocycles. The second-order valence-electron chi connectivity index (χ2n) is 7.33. The first kappa shape index (κ1) is 23.0. The predicted octanol–water partition coefficient (Wildman–Crippen LogP) is 3.88. The van der Waals surface area contributed by atoms with Crippen molar-refractivity contribution in [2.45, 2.75) is 12.7 Å². The fourth-order valence-corrected chi connectivity index (χ4v) is 3.32. The van der Waals surface area contributed by atoms with Crippen LogP contribution in [0.1, 0.15) is 11.5 Å². The minimum atomic E-state index is -4.74. The van der Waals surface area contributed by atoms with Gasteiger partial charge in [-0.05, 0) is 17.7 Å². The van der Waals surface area contributed by atoms with Gasteiger partial charge in [0.1, 0.15) is 11.4 Å². The van der Waals surface area contributed by atoms with Gasteiger partial charge in [-0.25, -0.2) is 4.39 Å². The van der Waals surface area contributed by atoms with Gasteiger partial charge in [-0.15, -0.1) is 0 Å². The fraction of sp³-hybridized carbons (Fsp3) is 0.182. The first-order valence-electron chi connectivity index (χ1n) is 9.73. The summed E-state index contributed by atoms with van der Waals surface area (Å²) in [4.78, 5) is 29.2. The van der Waals surface area contributed by atoms with E-state index in [0.29, 0.717) is 11.1 Å².